The van der Waals surface area contributed by atoms with Crippen molar-refractivity contribution in [1.29, 1.82) is 0 Å². The number of nitro groups is 1. The van der Waals surface area contributed by atoms with Gasteiger partial charge in [0, 0.05) is 25.1 Å². The van der Waals surface area contributed by atoms with Crippen LogP contribution in [0.1, 0.15) is 10.4 Å². The highest BCUT2D eigenvalue weighted by molar-refractivity contribution is 7.98. The van der Waals surface area contributed by atoms with Gasteiger partial charge in [-0.15, -0.1) is 11.8 Å². The molecule has 0 aliphatic heterocycles. The summed E-state index contributed by atoms with van der Waals surface area (Å²) in [5.41, 5.74) is -0.0293. The van der Waals surface area contributed by atoms with Crippen LogP contribution in [0.3, 0.4) is 0 Å². The van der Waals surface area contributed by atoms with Crippen LogP contribution in [-0.4, -0.2) is 36.1 Å². The first-order chi connectivity index (χ1) is 7.47. The number of rotatable bonds is 3. The Balaban J connectivity index is 3.31. The summed E-state index contributed by atoms with van der Waals surface area (Å²) in [7, 11) is 3.13. The van der Waals surface area contributed by atoms with Gasteiger partial charge in [-0.2, -0.15) is 0 Å². The van der Waals surface area contributed by atoms with Crippen LogP contribution in [0.2, 0.25) is 0 Å². The number of benzene rings is 1. The van der Waals surface area contributed by atoms with Gasteiger partial charge >= 0.3 is 0 Å². The molecular formula is C10H12N2O3S. The van der Waals surface area contributed by atoms with Crippen molar-refractivity contribution in [3.8, 4) is 0 Å². The number of amides is 1. The van der Waals surface area contributed by atoms with E-state index >= 15 is 0 Å². The van der Waals surface area contributed by atoms with Crippen molar-refractivity contribution in [2.75, 3.05) is 20.4 Å². The summed E-state index contributed by atoms with van der Waals surface area (Å²) in [4.78, 5) is 24.1. The van der Waals surface area contributed by atoms with Crippen molar-refractivity contribution in [2.24, 2.45) is 0 Å². The Kier molecular flexibility index (Phi) is 3.89. The molecule has 0 aliphatic carbocycles. The maximum Gasteiger partial charge on any atom is 0.282 e. The summed E-state index contributed by atoms with van der Waals surface area (Å²) in [6, 6.07) is 4.54. The molecule has 0 fully saturated rings. The Hall–Kier alpha value is -1.56. The number of nitro benzene ring substituents is 1. The summed E-state index contributed by atoms with van der Waals surface area (Å²) in [6.07, 6.45) is 1.85. The van der Waals surface area contributed by atoms with Gasteiger partial charge in [-0.3, -0.25) is 14.9 Å². The van der Waals surface area contributed by atoms with Crippen LogP contribution in [0, 0.1) is 10.1 Å². The maximum absolute atomic E-state index is 11.8. The van der Waals surface area contributed by atoms with Crippen molar-refractivity contribution >= 4 is 23.4 Å². The molecule has 1 aromatic rings. The van der Waals surface area contributed by atoms with Gasteiger partial charge < -0.3 is 4.90 Å². The van der Waals surface area contributed by atoms with Gasteiger partial charge in [0.1, 0.15) is 5.56 Å². The van der Waals surface area contributed by atoms with Crippen LogP contribution in [0.25, 0.3) is 0 Å². The molecule has 6 heteroatoms. The second-order valence-corrected chi connectivity index (χ2v) is 4.22. The summed E-state index contributed by atoms with van der Waals surface area (Å²) < 4.78 is 0. The molecule has 86 valence electrons. The Morgan fingerprint density at radius 3 is 2.50 bits per heavy atom. The Morgan fingerprint density at radius 1 is 1.44 bits per heavy atom. The van der Waals surface area contributed by atoms with Crippen molar-refractivity contribution < 1.29 is 9.72 Å². The van der Waals surface area contributed by atoms with E-state index in [2.05, 4.69) is 0 Å². The molecule has 1 aromatic carbocycles. The molecule has 0 saturated heterocycles. The SMILES string of the molecule is CSc1ccc([N+](=O)[O-])c(C(=O)N(C)C)c1. The molecule has 0 N–H and O–H groups in total. The number of hydrogen-bond donors (Lipinski definition) is 0. The largest absolute Gasteiger partial charge is 0.345 e. The zero-order chi connectivity index (χ0) is 12.3. The third kappa shape index (κ3) is 2.52. The zero-order valence-electron chi connectivity index (χ0n) is 9.26. The monoisotopic (exact) mass is 240 g/mol. The standard InChI is InChI=1S/C10H12N2O3S/c1-11(2)10(13)8-6-7(16-3)4-5-9(8)12(14)15/h4-6H,1-3H3. The van der Waals surface area contributed by atoms with E-state index in [0.29, 0.717) is 0 Å². The molecule has 16 heavy (non-hydrogen) atoms. The van der Waals surface area contributed by atoms with Gasteiger partial charge in [-0.05, 0) is 18.4 Å². The van der Waals surface area contributed by atoms with Gasteiger partial charge in [-0.25, -0.2) is 0 Å². The molecule has 5 nitrogen and oxygen atoms in total. The van der Waals surface area contributed by atoms with E-state index in [1.807, 2.05) is 6.26 Å². The summed E-state index contributed by atoms with van der Waals surface area (Å²) in [6.45, 7) is 0. The minimum absolute atomic E-state index is 0.127. The minimum Gasteiger partial charge on any atom is -0.345 e. The molecule has 0 atom stereocenters. The number of thioether (sulfide) groups is 1. The fraction of sp³-hybridized carbons (Fsp3) is 0.300. The van der Waals surface area contributed by atoms with E-state index < -0.39 is 4.92 Å². The molecule has 0 aromatic heterocycles. The lowest BCUT2D eigenvalue weighted by atomic mass is 10.1. The van der Waals surface area contributed by atoms with Gasteiger partial charge in [0.25, 0.3) is 11.6 Å². The molecule has 0 saturated carbocycles. The molecule has 0 spiro atoms. The first kappa shape index (κ1) is 12.5. The van der Waals surface area contributed by atoms with Gasteiger partial charge in [0.2, 0.25) is 0 Å². The van der Waals surface area contributed by atoms with Crippen molar-refractivity contribution in [3.05, 3.63) is 33.9 Å². The van der Waals surface area contributed by atoms with Crippen LogP contribution in [0.4, 0.5) is 5.69 Å². The lowest BCUT2D eigenvalue weighted by Crippen LogP contribution is -2.22. The average Bonchev–Trinajstić information content (AvgIpc) is 2.26. The molecule has 1 amide bonds. The van der Waals surface area contributed by atoms with Gasteiger partial charge in [-0.1, -0.05) is 0 Å². The topological polar surface area (TPSA) is 63.5 Å². The lowest BCUT2D eigenvalue weighted by molar-refractivity contribution is -0.385. The van der Waals surface area contributed by atoms with Crippen LogP contribution in [-0.2, 0) is 0 Å². The fourth-order valence-corrected chi connectivity index (χ4v) is 1.65. The van der Waals surface area contributed by atoms with Crippen molar-refractivity contribution in [1.82, 2.24) is 4.90 Å². The third-order valence-electron chi connectivity index (χ3n) is 2.04. The fourth-order valence-electron chi connectivity index (χ4n) is 1.21. The van der Waals surface area contributed by atoms with Crippen LogP contribution >= 0.6 is 11.8 Å². The van der Waals surface area contributed by atoms with Gasteiger partial charge in [0.15, 0.2) is 0 Å². The van der Waals surface area contributed by atoms with E-state index in [4.69, 9.17) is 0 Å². The second kappa shape index (κ2) is 4.98. The predicted molar refractivity (Wildman–Crippen MR) is 62.9 cm³/mol. The van der Waals surface area contributed by atoms with Crippen LogP contribution in [0.5, 0.6) is 0 Å². The third-order valence-corrected chi connectivity index (χ3v) is 2.76. The van der Waals surface area contributed by atoms with Crippen molar-refractivity contribution in [2.45, 2.75) is 4.90 Å². The number of carbonyl (C=O) groups excluding carboxylic acids is 1. The van der Waals surface area contributed by atoms with Crippen molar-refractivity contribution in [3.63, 3.8) is 0 Å². The first-order valence-corrected chi connectivity index (χ1v) is 5.74. The normalized spacial score (nSPS) is 9.94. The van der Waals surface area contributed by atoms with Crippen LogP contribution in [0.15, 0.2) is 23.1 Å². The zero-order valence-corrected chi connectivity index (χ0v) is 10.1. The lowest BCUT2D eigenvalue weighted by Gasteiger charge is -2.11. The average molecular weight is 240 g/mol. The number of hydrogen-bond acceptors (Lipinski definition) is 4. The summed E-state index contributed by atoms with van der Waals surface area (Å²) in [5.74, 6) is -0.359. The number of nitrogens with zero attached hydrogens (tertiary/aromatic N) is 2. The molecule has 1 rings (SSSR count). The minimum atomic E-state index is -0.541. The molecule has 0 unspecified atom stereocenters. The predicted octanol–water partition coefficient (Wildman–Crippen LogP) is 2.02. The Labute approximate surface area is 97.6 Å². The van der Waals surface area contributed by atoms with E-state index in [1.54, 1.807) is 26.2 Å². The quantitative estimate of drug-likeness (QED) is 0.460. The Bertz CT molecular complexity index is 432. The highest BCUT2D eigenvalue weighted by Gasteiger charge is 2.21. The highest BCUT2D eigenvalue weighted by Crippen LogP contribution is 2.25. The maximum atomic E-state index is 11.8. The van der Waals surface area contributed by atoms with Crippen LogP contribution < -0.4 is 0 Å². The van der Waals surface area contributed by atoms with E-state index in [9.17, 15) is 14.9 Å². The van der Waals surface area contributed by atoms with E-state index in [0.717, 1.165) is 4.90 Å². The highest BCUT2D eigenvalue weighted by atomic mass is 32.2. The molecular weight excluding hydrogens is 228 g/mol. The second-order valence-electron chi connectivity index (χ2n) is 3.34. The molecule has 0 heterocycles. The van der Waals surface area contributed by atoms with E-state index in [1.165, 1.54) is 22.7 Å². The summed E-state index contributed by atoms with van der Waals surface area (Å²) >= 11 is 1.44. The summed E-state index contributed by atoms with van der Waals surface area (Å²) in [5, 5.41) is 10.8. The smallest absolute Gasteiger partial charge is 0.282 e. The van der Waals surface area contributed by atoms with E-state index in [-0.39, 0.29) is 17.2 Å². The molecule has 0 aliphatic rings. The Morgan fingerprint density at radius 2 is 2.06 bits per heavy atom. The number of carbonyl (C=O) groups is 1. The first-order valence-electron chi connectivity index (χ1n) is 4.51. The molecule has 0 bridgehead atoms. The molecule has 0 radical (unpaired) electrons. The van der Waals surface area contributed by atoms with Gasteiger partial charge in [0.05, 0.1) is 4.92 Å².